The van der Waals surface area contributed by atoms with Gasteiger partial charge in [0, 0.05) is 23.6 Å². The van der Waals surface area contributed by atoms with E-state index in [2.05, 4.69) is 19.1 Å². The fourth-order valence-corrected chi connectivity index (χ4v) is 4.29. The predicted octanol–water partition coefficient (Wildman–Crippen LogP) is 5.56. The minimum atomic E-state index is -0.956. The highest BCUT2D eigenvalue weighted by molar-refractivity contribution is 5.88. The minimum Gasteiger partial charge on any atom is -0.465 e. The molecule has 1 fully saturated rings. The first kappa shape index (κ1) is 21.1. The first-order valence-electron chi connectivity index (χ1n) is 11.0. The highest BCUT2D eigenvalue weighted by Gasteiger charge is 2.65. The molecule has 1 saturated carbocycles. The van der Waals surface area contributed by atoms with Crippen LogP contribution in [0.25, 0.3) is 11.3 Å². The van der Waals surface area contributed by atoms with E-state index in [1.807, 2.05) is 43.3 Å². The van der Waals surface area contributed by atoms with Crippen LogP contribution in [0.3, 0.4) is 0 Å². The number of hydrogen-bond donors (Lipinski definition) is 0. The predicted molar refractivity (Wildman–Crippen MR) is 121 cm³/mol. The van der Waals surface area contributed by atoms with E-state index < -0.39 is 5.41 Å². The highest BCUT2D eigenvalue weighted by atomic mass is 16.5. The molecule has 0 amide bonds. The van der Waals surface area contributed by atoms with Gasteiger partial charge in [0.25, 0.3) is 0 Å². The number of ether oxygens (including phenoxy) is 1. The van der Waals surface area contributed by atoms with Crippen LogP contribution in [0, 0.1) is 6.92 Å². The lowest BCUT2D eigenvalue weighted by molar-refractivity contribution is -0.146. The molecule has 1 aromatic heterocycles. The third-order valence-electron chi connectivity index (χ3n) is 6.06. The van der Waals surface area contributed by atoms with Gasteiger partial charge in [-0.25, -0.2) is 0 Å². The molecule has 0 unspecified atom stereocenters. The molecule has 0 aliphatic heterocycles. The number of carbonyl (C=O) groups excluding carboxylic acids is 1. The maximum atomic E-state index is 13.1. The van der Waals surface area contributed by atoms with Crippen molar-refractivity contribution in [3.8, 4) is 11.3 Å². The van der Waals surface area contributed by atoms with Crippen LogP contribution >= 0.6 is 0 Å². The molecule has 4 nitrogen and oxygen atoms in total. The van der Waals surface area contributed by atoms with Gasteiger partial charge in [0.1, 0.15) is 16.9 Å². The van der Waals surface area contributed by atoms with Gasteiger partial charge >= 0.3 is 5.97 Å². The second kappa shape index (κ2) is 8.54. The molecule has 0 saturated heterocycles. The molecule has 2 aromatic carbocycles. The SMILES string of the molecule is CCCc1ccc(-c2cc(=O)cc([C@@]3(C(=O)OCC)C[C@H]3c3ccc(C)cc3)o2)cc1. The fourth-order valence-electron chi connectivity index (χ4n) is 4.29. The lowest BCUT2D eigenvalue weighted by Crippen LogP contribution is -2.26. The van der Waals surface area contributed by atoms with Gasteiger partial charge < -0.3 is 9.15 Å². The van der Waals surface area contributed by atoms with Crippen LogP contribution in [0.1, 0.15) is 55.1 Å². The monoisotopic (exact) mass is 416 g/mol. The molecule has 3 aromatic rings. The van der Waals surface area contributed by atoms with Crippen LogP contribution < -0.4 is 5.43 Å². The Morgan fingerprint density at radius 3 is 2.42 bits per heavy atom. The van der Waals surface area contributed by atoms with Crippen LogP contribution in [0.2, 0.25) is 0 Å². The van der Waals surface area contributed by atoms with Crippen molar-refractivity contribution in [2.75, 3.05) is 6.61 Å². The Balaban J connectivity index is 1.75. The summed E-state index contributed by atoms with van der Waals surface area (Å²) in [4.78, 5) is 25.7. The normalized spacial score (nSPS) is 19.8. The molecular formula is C27H28O4. The molecule has 1 aliphatic carbocycles. The zero-order valence-corrected chi connectivity index (χ0v) is 18.3. The Bertz CT molecular complexity index is 1130. The molecule has 0 spiro atoms. The first-order chi connectivity index (χ1) is 15.0. The average Bonchev–Trinajstić information content (AvgIpc) is 3.52. The summed E-state index contributed by atoms with van der Waals surface area (Å²) in [7, 11) is 0. The number of esters is 1. The van der Waals surface area contributed by atoms with Gasteiger partial charge in [-0.3, -0.25) is 9.59 Å². The Hall–Kier alpha value is -3.14. The molecule has 4 rings (SSSR count). The molecule has 0 bridgehead atoms. The largest absolute Gasteiger partial charge is 0.465 e. The van der Waals surface area contributed by atoms with E-state index in [9.17, 15) is 9.59 Å². The van der Waals surface area contributed by atoms with Crippen molar-refractivity contribution < 1.29 is 13.9 Å². The maximum absolute atomic E-state index is 13.1. The van der Waals surface area contributed by atoms with Gasteiger partial charge in [0.05, 0.1) is 6.61 Å². The van der Waals surface area contributed by atoms with E-state index in [4.69, 9.17) is 9.15 Å². The Morgan fingerprint density at radius 1 is 1.06 bits per heavy atom. The summed E-state index contributed by atoms with van der Waals surface area (Å²) in [6, 6.07) is 19.1. The van der Waals surface area contributed by atoms with Crippen molar-refractivity contribution in [2.45, 2.75) is 51.4 Å². The Labute approximate surface area is 182 Å². The lowest BCUT2D eigenvalue weighted by Gasteiger charge is -2.16. The quantitative estimate of drug-likeness (QED) is 0.474. The van der Waals surface area contributed by atoms with Gasteiger partial charge in [-0.2, -0.15) is 0 Å². The maximum Gasteiger partial charge on any atom is 0.320 e. The Kier molecular flexibility index (Phi) is 5.81. The van der Waals surface area contributed by atoms with Crippen LogP contribution in [0.15, 0.2) is 69.9 Å². The van der Waals surface area contributed by atoms with Crippen LogP contribution in [-0.4, -0.2) is 12.6 Å². The molecule has 0 N–H and O–H groups in total. The summed E-state index contributed by atoms with van der Waals surface area (Å²) >= 11 is 0. The number of carbonyl (C=O) groups is 1. The molecule has 0 radical (unpaired) electrons. The van der Waals surface area contributed by atoms with Gasteiger partial charge in [0.15, 0.2) is 5.43 Å². The Morgan fingerprint density at radius 2 is 1.77 bits per heavy atom. The third-order valence-corrected chi connectivity index (χ3v) is 6.06. The van der Waals surface area contributed by atoms with Crippen molar-refractivity contribution in [1.29, 1.82) is 0 Å². The smallest absolute Gasteiger partial charge is 0.320 e. The summed E-state index contributed by atoms with van der Waals surface area (Å²) in [5, 5.41) is 0. The van der Waals surface area contributed by atoms with Gasteiger partial charge in [-0.05, 0) is 37.8 Å². The number of hydrogen-bond acceptors (Lipinski definition) is 4. The van der Waals surface area contributed by atoms with Crippen molar-refractivity contribution in [1.82, 2.24) is 0 Å². The molecular weight excluding hydrogens is 388 g/mol. The minimum absolute atomic E-state index is 0.0718. The zero-order valence-electron chi connectivity index (χ0n) is 18.3. The summed E-state index contributed by atoms with van der Waals surface area (Å²) in [6.07, 6.45) is 2.65. The molecule has 1 heterocycles. The number of rotatable bonds is 7. The highest BCUT2D eigenvalue weighted by Crippen LogP contribution is 2.61. The molecule has 4 heteroatoms. The van der Waals surface area contributed by atoms with Crippen molar-refractivity contribution in [3.05, 3.63) is 93.3 Å². The van der Waals surface area contributed by atoms with Crippen LogP contribution in [-0.2, 0) is 21.4 Å². The zero-order chi connectivity index (χ0) is 22.0. The summed E-state index contributed by atoms with van der Waals surface area (Å²) < 4.78 is 11.6. The van der Waals surface area contributed by atoms with Gasteiger partial charge in [-0.1, -0.05) is 67.4 Å². The first-order valence-corrected chi connectivity index (χ1v) is 11.0. The van der Waals surface area contributed by atoms with E-state index in [1.165, 1.54) is 17.7 Å². The van der Waals surface area contributed by atoms with E-state index in [0.717, 1.165) is 29.5 Å². The van der Waals surface area contributed by atoms with Crippen molar-refractivity contribution >= 4 is 5.97 Å². The molecule has 31 heavy (non-hydrogen) atoms. The van der Waals surface area contributed by atoms with Gasteiger partial charge in [-0.15, -0.1) is 0 Å². The number of benzene rings is 2. The van der Waals surface area contributed by atoms with E-state index in [-0.39, 0.29) is 23.9 Å². The fraction of sp³-hybridized carbons (Fsp3) is 0.333. The molecule has 1 aliphatic rings. The third kappa shape index (κ3) is 4.07. The molecule has 2 atom stereocenters. The van der Waals surface area contributed by atoms with Crippen molar-refractivity contribution in [3.63, 3.8) is 0 Å². The average molecular weight is 417 g/mol. The van der Waals surface area contributed by atoms with E-state index >= 15 is 0 Å². The number of aryl methyl sites for hydroxylation is 2. The summed E-state index contributed by atoms with van der Waals surface area (Å²) in [5.74, 6) is 0.456. The van der Waals surface area contributed by atoms with Crippen LogP contribution in [0.5, 0.6) is 0 Å². The molecule has 160 valence electrons. The van der Waals surface area contributed by atoms with Crippen molar-refractivity contribution in [2.24, 2.45) is 0 Å². The lowest BCUT2D eigenvalue weighted by atomic mass is 9.95. The van der Waals surface area contributed by atoms with E-state index in [1.54, 1.807) is 6.92 Å². The second-order valence-electron chi connectivity index (χ2n) is 8.33. The topological polar surface area (TPSA) is 56.5 Å². The van der Waals surface area contributed by atoms with Gasteiger partial charge in [0.2, 0.25) is 0 Å². The van der Waals surface area contributed by atoms with Crippen LogP contribution in [0.4, 0.5) is 0 Å². The summed E-state index contributed by atoms with van der Waals surface area (Å²) in [5.41, 5.74) is 3.15. The van der Waals surface area contributed by atoms with E-state index in [0.29, 0.717) is 17.9 Å². The standard InChI is InChI=1S/C27H28O4/c1-4-6-19-9-13-21(14-10-19)24-15-22(28)16-25(31-24)27(26(29)30-5-2)17-23(27)20-11-7-18(3)8-12-20/h7-16,23H,4-6,17H2,1-3H3/t23-,27+/m0/s1. The summed E-state index contributed by atoms with van der Waals surface area (Å²) in [6.45, 7) is 6.25. The second-order valence-corrected chi connectivity index (χ2v) is 8.33.